The largest absolute Gasteiger partial charge is 0.465 e. The molecule has 1 atom stereocenters. The fourth-order valence-corrected chi connectivity index (χ4v) is 1.61. The molecule has 1 rings (SSSR count). The van der Waals surface area contributed by atoms with Crippen molar-refractivity contribution in [3.05, 3.63) is 35.4 Å². The molecule has 0 heterocycles. The molecule has 0 bridgehead atoms. The number of carbonyl (C=O) groups excluding carboxylic acids is 1. The molecule has 0 aliphatic rings. The summed E-state index contributed by atoms with van der Waals surface area (Å²) in [6, 6.07) is 7.98. The van der Waals surface area contributed by atoms with Gasteiger partial charge in [-0.25, -0.2) is 0 Å². The standard InChI is InChI=1S/C13H19NO2/c1-4-16-12(15)13(3,14)9-11-7-5-6-10(2)8-11/h5-8H,4,9,14H2,1-3H3/t13-/m0/s1. The molecular formula is C13H19NO2. The van der Waals surface area contributed by atoms with Crippen molar-refractivity contribution >= 4 is 5.97 Å². The lowest BCUT2D eigenvalue weighted by Crippen LogP contribution is -2.48. The Bertz CT molecular complexity index is 372. The van der Waals surface area contributed by atoms with Crippen LogP contribution in [0.2, 0.25) is 0 Å². The Labute approximate surface area is 96.6 Å². The maximum Gasteiger partial charge on any atom is 0.326 e. The topological polar surface area (TPSA) is 52.3 Å². The van der Waals surface area contributed by atoms with Crippen molar-refractivity contribution < 1.29 is 9.53 Å². The highest BCUT2D eigenvalue weighted by Crippen LogP contribution is 2.13. The van der Waals surface area contributed by atoms with E-state index < -0.39 is 5.54 Å². The Hall–Kier alpha value is -1.35. The van der Waals surface area contributed by atoms with Gasteiger partial charge in [0.25, 0.3) is 0 Å². The molecule has 1 aromatic rings. The van der Waals surface area contributed by atoms with Gasteiger partial charge in [0.05, 0.1) is 6.61 Å². The van der Waals surface area contributed by atoms with Gasteiger partial charge in [0, 0.05) is 6.42 Å². The third-order valence-electron chi connectivity index (χ3n) is 2.40. The van der Waals surface area contributed by atoms with Crippen LogP contribution in [-0.4, -0.2) is 18.1 Å². The van der Waals surface area contributed by atoms with E-state index in [0.29, 0.717) is 13.0 Å². The number of aryl methyl sites for hydroxylation is 1. The van der Waals surface area contributed by atoms with Crippen LogP contribution in [0.4, 0.5) is 0 Å². The number of esters is 1. The summed E-state index contributed by atoms with van der Waals surface area (Å²) in [7, 11) is 0. The van der Waals surface area contributed by atoms with Gasteiger partial charge in [0.1, 0.15) is 5.54 Å². The minimum absolute atomic E-state index is 0.350. The molecule has 0 aliphatic heterocycles. The predicted molar refractivity (Wildman–Crippen MR) is 64.1 cm³/mol. The first-order valence-electron chi connectivity index (χ1n) is 5.47. The summed E-state index contributed by atoms with van der Waals surface area (Å²) in [6.45, 7) is 5.86. The van der Waals surface area contributed by atoms with Crippen molar-refractivity contribution in [1.82, 2.24) is 0 Å². The fourth-order valence-electron chi connectivity index (χ4n) is 1.61. The summed E-state index contributed by atoms with van der Waals surface area (Å²) >= 11 is 0. The van der Waals surface area contributed by atoms with Crippen molar-refractivity contribution in [2.75, 3.05) is 6.61 Å². The molecule has 0 saturated heterocycles. The van der Waals surface area contributed by atoms with Crippen molar-refractivity contribution in [3.63, 3.8) is 0 Å². The zero-order valence-electron chi connectivity index (χ0n) is 10.1. The van der Waals surface area contributed by atoms with E-state index in [0.717, 1.165) is 11.1 Å². The van der Waals surface area contributed by atoms with Crippen molar-refractivity contribution in [1.29, 1.82) is 0 Å². The molecule has 3 nitrogen and oxygen atoms in total. The van der Waals surface area contributed by atoms with Crippen LogP contribution in [0.1, 0.15) is 25.0 Å². The molecule has 88 valence electrons. The first-order valence-corrected chi connectivity index (χ1v) is 5.47. The number of carbonyl (C=O) groups is 1. The van der Waals surface area contributed by atoms with Gasteiger partial charge in [-0.1, -0.05) is 29.8 Å². The molecule has 0 radical (unpaired) electrons. The van der Waals surface area contributed by atoms with E-state index >= 15 is 0 Å². The summed E-state index contributed by atoms with van der Waals surface area (Å²) in [4.78, 5) is 11.6. The van der Waals surface area contributed by atoms with Crippen molar-refractivity contribution in [2.24, 2.45) is 5.73 Å². The van der Waals surface area contributed by atoms with Crippen LogP contribution in [0.5, 0.6) is 0 Å². The lowest BCUT2D eigenvalue weighted by molar-refractivity contribution is -0.148. The second-order valence-corrected chi connectivity index (χ2v) is 4.30. The van der Waals surface area contributed by atoms with E-state index in [4.69, 9.17) is 10.5 Å². The van der Waals surface area contributed by atoms with Crippen molar-refractivity contribution in [3.8, 4) is 0 Å². The second kappa shape index (κ2) is 5.12. The maximum absolute atomic E-state index is 11.6. The van der Waals surface area contributed by atoms with E-state index in [1.807, 2.05) is 31.2 Å². The third kappa shape index (κ3) is 3.35. The minimum atomic E-state index is -0.955. The van der Waals surface area contributed by atoms with Gasteiger partial charge >= 0.3 is 5.97 Å². The number of hydrogen-bond acceptors (Lipinski definition) is 3. The molecule has 0 spiro atoms. The fraction of sp³-hybridized carbons (Fsp3) is 0.462. The maximum atomic E-state index is 11.6. The molecule has 16 heavy (non-hydrogen) atoms. The van der Waals surface area contributed by atoms with Gasteiger partial charge in [-0.05, 0) is 26.3 Å². The third-order valence-corrected chi connectivity index (χ3v) is 2.40. The molecule has 0 aromatic heterocycles. The van der Waals surface area contributed by atoms with Gasteiger partial charge in [0.15, 0.2) is 0 Å². The Morgan fingerprint density at radius 2 is 2.19 bits per heavy atom. The average Bonchev–Trinajstić information content (AvgIpc) is 2.17. The van der Waals surface area contributed by atoms with E-state index in [9.17, 15) is 4.79 Å². The molecule has 0 saturated carbocycles. The Balaban J connectivity index is 2.75. The SMILES string of the molecule is CCOC(=O)[C@@](C)(N)Cc1cccc(C)c1. The van der Waals surface area contributed by atoms with Crippen LogP contribution in [0, 0.1) is 6.92 Å². The Morgan fingerprint density at radius 3 is 2.75 bits per heavy atom. The van der Waals surface area contributed by atoms with Gasteiger partial charge in [0.2, 0.25) is 0 Å². The smallest absolute Gasteiger partial charge is 0.326 e. The van der Waals surface area contributed by atoms with E-state index in [-0.39, 0.29) is 5.97 Å². The number of ether oxygens (including phenoxy) is 1. The number of hydrogen-bond donors (Lipinski definition) is 1. The van der Waals surface area contributed by atoms with E-state index in [1.54, 1.807) is 13.8 Å². The quantitative estimate of drug-likeness (QED) is 0.789. The summed E-state index contributed by atoms with van der Waals surface area (Å²) in [5.74, 6) is -0.350. The first kappa shape index (κ1) is 12.7. The summed E-state index contributed by atoms with van der Waals surface area (Å²) in [6.07, 6.45) is 0.494. The highest BCUT2D eigenvalue weighted by Gasteiger charge is 2.30. The van der Waals surface area contributed by atoms with Crippen LogP contribution in [0.25, 0.3) is 0 Å². The van der Waals surface area contributed by atoms with Gasteiger partial charge in [-0.2, -0.15) is 0 Å². The monoisotopic (exact) mass is 221 g/mol. The number of rotatable bonds is 4. The highest BCUT2D eigenvalue weighted by molar-refractivity contribution is 5.80. The molecule has 0 amide bonds. The lowest BCUT2D eigenvalue weighted by atomic mass is 9.93. The average molecular weight is 221 g/mol. The van der Waals surface area contributed by atoms with Crippen LogP contribution in [-0.2, 0) is 16.0 Å². The molecule has 1 aromatic carbocycles. The predicted octanol–water partition coefficient (Wildman–Crippen LogP) is 1.82. The highest BCUT2D eigenvalue weighted by atomic mass is 16.5. The molecule has 0 fully saturated rings. The summed E-state index contributed by atoms with van der Waals surface area (Å²) in [5, 5.41) is 0. The number of nitrogens with two attached hydrogens (primary N) is 1. The normalized spacial score (nSPS) is 14.2. The van der Waals surface area contributed by atoms with Crippen LogP contribution in [0.3, 0.4) is 0 Å². The first-order chi connectivity index (χ1) is 7.45. The zero-order chi connectivity index (χ0) is 12.2. The van der Waals surface area contributed by atoms with Crippen LogP contribution >= 0.6 is 0 Å². The molecular weight excluding hydrogens is 202 g/mol. The molecule has 0 aliphatic carbocycles. The van der Waals surface area contributed by atoms with Gasteiger partial charge < -0.3 is 10.5 Å². The zero-order valence-corrected chi connectivity index (χ0v) is 10.1. The van der Waals surface area contributed by atoms with Gasteiger partial charge in [-0.15, -0.1) is 0 Å². The molecule has 2 N–H and O–H groups in total. The van der Waals surface area contributed by atoms with Crippen LogP contribution < -0.4 is 5.73 Å². The molecule has 0 unspecified atom stereocenters. The Morgan fingerprint density at radius 1 is 1.50 bits per heavy atom. The van der Waals surface area contributed by atoms with Crippen LogP contribution in [0.15, 0.2) is 24.3 Å². The second-order valence-electron chi connectivity index (χ2n) is 4.30. The minimum Gasteiger partial charge on any atom is -0.465 e. The van der Waals surface area contributed by atoms with Crippen molar-refractivity contribution in [2.45, 2.75) is 32.7 Å². The van der Waals surface area contributed by atoms with E-state index in [2.05, 4.69) is 0 Å². The summed E-state index contributed by atoms with van der Waals surface area (Å²) in [5.41, 5.74) is 7.22. The summed E-state index contributed by atoms with van der Waals surface area (Å²) < 4.78 is 4.95. The van der Waals surface area contributed by atoms with E-state index in [1.165, 1.54) is 0 Å². The lowest BCUT2D eigenvalue weighted by Gasteiger charge is -2.22. The number of benzene rings is 1. The van der Waals surface area contributed by atoms with Gasteiger partial charge in [-0.3, -0.25) is 4.79 Å². The Kier molecular flexibility index (Phi) is 4.07. The molecule has 3 heteroatoms.